The van der Waals surface area contributed by atoms with Crippen LogP contribution in [0.5, 0.6) is 0 Å². The van der Waals surface area contributed by atoms with Gasteiger partial charge < -0.3 is 0 Å². The number of benzene rings is 1. The first kappa shape index (κ1) is 8.53. The van der Waals surface area contributed by atoms with Crippen LogP contribution in [0.2, 0.25) is 5.54 Å². The van der Waals surface area contributed by atoms with Gasteiger partial charge in [-0.15, -0.1) is 0 Å². The summed E-state index contributed by atoms with van der Waals surface area (Å²) in [7, 11) is 1.33. The fourth-order valence-corrected chi connectivity index (χ4v) is 1.39. The summed E-state index contributed by atoms with van der Waals surface area (Å²) in [6, 6.07) is 10.7. The molecule has 0 aromatic heterocycles. The molecule has 60 valence electrons. The minimum absolute atomic E-state index is 0.954. The maximum Gasteiger partial charge on any atom is 0.00639 e. The summed E-state index contributed by atoms with van der Waals surface area (Å²) in [6.45, 7) is 2.33. The van der Waals surface area contributed by atoms with Crippen molar-refractivity contribution in [2.45, 2.75) is 25.3 Å². The van der Waals surface area contributed by atoms with Gasteiger partial charge in [-0.05, 0) is 18.4 Å². The van der Waals surface area contributed by atoms with Gasteiger partial charge in [0.25, 0.3) is 0 Å². The van der Waals surface area contributed by atoms with Crippen LogP contribution in [-0.4, -0.2) is 10.2 Å². The SMILES string of the molecule is CC([SiH3])CCc1ccccc1. The largest absolute Gasteiger partial charge is 0.0657 e. The van der Waals surface area contributed by atoms with Crippen LogP contribution in [0.4, 0.5) is 0 Å². The van der Waals surface area contributed by atoms with E-state index >= 15 is 0 Å². The number of hydrogen-bond donors (Lipinski definition) is 0. The van der Waals surface area contributed by atoms with Crippen molar-refractivity contribution in [1.29, 1.82) is 0 Å². The second-order valence-corrected chi connectivity index (χ2v) is 5.39. The summed E-state index contributed by atoms with van der Waals surface area (Å²) in [5.41, 5.74) is 2.44. The molecule has 0 spiro atoms. The van der Waals surface area contributed by atoms with Gasteiger partial charge in [0.15, 0.2) is 0 Å². The van der Waals surface area contributed by atoms with Gasteiger partial charge in [0, 0.05) is 10.2 Å². The molecule has 0 aliphatic rings. The van der Waals surface area contributed by atoms with E-state index in [9.17, 15) is 0 Å². The molecule has 0 fully saturated rings. The van der Waals surface area contributed by atoms with Crippen LogP contribution in [0, 0.1) is 0 Å². The van der Waals surface area contributed by atoms with Crippen molar-refractivity contribution in [3.63, 3.8) is 0 Å². The molecular weight excluding hydrogens is 148 g/mol. The molecule has 0 aliphatic heterocycles. The average molecular weight is 164 g/mol. The molecule has 0 saturated carbocycles. The van der Waals surface area contributed by atoms with E-state index in [1.54, 1.807) is 0 Å². The van der Waals surface area contributed by atoms with Gasteiger partial charge in [-0.25, -0.2) is 0 Å². The molecule has 0 amide bonds. The van der Waals surface area contributed by atoms with E-state index in [1.807, 2.05) is 0 Å². The first-order chi connectivity index (χ1) is 5.29. The Morgan fingerprint density at radius 3 is 2.45 bits per heavy atom. The summed E-state index contributed by atoms with van der Waals surface area (Å²) >= 11 is 0. The highest BCUT2D eigenvalue weighted by Gasteiger charge is 1.94. The van der Waals surface area contributed by atoms with Crippen LogP contribution in [-0.2, 0) is 6.42 Å². The van der Waals surface area contributed by atoms with E-state index in [-0.39, 0.29) is 0 Å². The van der Waals surface area contributed by atoms with E-state index in [4.69, 9.17) is 0 Å². The third kappa shape index (κ3) is 3.37. The lowest BCUT2D eigenvalue weighted by Crippen LogP contribution is -1.89. The van der Waals surface area contributed by atoms with Crippen molar-refractivity contribution in [3.05, 3.63) is 35.9 Å². The summed E-state index contributed by atoms with van der Waals surface area (Å²) in [4.78, 5) is 0. The maximum atomic E-state index is 2.33. The standard InChI is InChI=1S/C10H16Si/c1-9(11)7-8-10-5-3-2-4-6-10/h2-6,9H,7-8H2,1,11H3. The highest BCUT2D eigenvalue weighted by Crippen LogP contribution is 2.09. The van der Waals surface area contributed by atoms with Crippen LogP contribution >= 0.6 is 0 Å². The molecule has 1 rings (SSSR count). The normalized spacial score (nSPS) is 13.2. The Bertz CT molecular complexity index is 191. The molecule has 1 atom stereocenters. The Balaban J connectivity index is 2.39. The van der Waals surface area contributed by atoms with Gasteiger partial charge in [-0.1, -0.05) is 42.8 Å². The summed E-state index contributed by atoms with van der Waals surface area (Å²) in [5, 5.41) is 0. The molecule has 0 aliphatic carbocycles. The second kappa shape index (κ2) is 4.34. The molecular formula is C10H16Si. The van der Waals surface area contributed by atoms with Crippen molar-refractivity contribution < 1.29 is 0 Å². The van der Waals surface area contributed by atoms with Crippen LogP contribution in [0.25, 0.3) is 0 Å². The number of hydrogen-bond acceptors (Lipinski definition) is 0. The Morgan fingerprint density at radius 1 is 1.27 bits per heavy atom. The molecule has 1 heteroatoms. The lowest BCUT2D eigenvalue weighted by Gasteiger charge is -2.03. The van der Waals surface area contributed by atoms with Crippen molar-refractivity contribution in [3.8, 4) is 0 Å². The van der Waals surface area contributed by atoms with E-state index in [1.165, 1.54) is 28.6 Å². The lowest BCUT2D eigenvalue weighted by molar-refractivity contribution is 0.792. The zero-order valence-corrected chi connectivity index (χ0v) is 9.38. The quantitative estimate of drug-likeness (QED) is 0.598. The molecule has 1 unspecified atom stereocenters. The van der Waals surface area contributed by atoms with E-state index < -0.39 is 0 Å². The highest BCUT2D eigenvalue weighted by molar-refractivity contribution is 6.11. The smallest absolute Gasteiger partial charge is 0.00639 e. The fraction of sp³-hybridized carbons (Fsp3) is 0.400. The van der Waals surface area contributed by atoms with E-state index in [2.05, 4.69) is 37.3 Å². The van der Waals surface area contributed by atoms with Crippen molar-refractivity contribution >= 4 is 10.2 Å². The number of aryl methyl sites for hydroxylation is 1. The van der Waals surface area contributed by atoms with Crippen molar-refractivity contribution in [1.82, 2.24) is 0 Å². The third-order valence-corrected chi connectivity index (χ3v) is 2.43. The molecule has 1 aromatic carbocycles. The van der Waals surface area contributed by atoms with Gasteiger partial charge in [0.05, 0.1) is 0 Å². The predicted octanol–water partition coefficient (Wildman–Crippen LogP) is 1.79. The van der Waals surface area contributed by atoms with Gasteiger partial charge in [-0.2, -0.15) is 0 Å². The van der Waals surface area contributed by atoms with Crippen molar-refractivity contribution in [2.75, 3.05) is 0 Å². The summed E-state index contributed by atoms with van der Waals surface area (Å²) < 4.78 is 0. The first-order valence-electron chi connectivity index (χ1n) is 4.33. The minimum Gasteiger partial charge on any atom is -0.0657 e. The molecule has 0 saturated heterocycles. The molecule has 0 radical (unpaired) electrons. The van der Waals surface area contributed by atoms with Crippen LogP contribution < -0.4 is 0 Å². The minimum atomic E-state index is 0.954. The van der Waals surface area contributed by atoms with E-state index in [0.717, 1.165) is 5.54 Å². The predicted molar refractivity (Wildman–Crippen MR) is 54.1 cm³/mol. The Kier molecular flexibility index (Phi) is 3.37. The molecule has 11 heavy (non-hydrogen) atoms. The number of rotatable bonds is 3. The van der Waals surface area contributed by atoms with Gasteiger partial charge in [0.2, 0.25) is 0 Å². The molecule has 0 N–H and O–H groups in total. The van der Waals surface area contributed by atoms with Gasteiger partial charge >= 0.3 is 0 Å². The third-order valence-electron chi connectivity index (χ3n) is 1.85. The summed E-state index contributed by atoms with van der Waals surface area (Å²) in [6.07, 6.45) is 2.61. The zero-order chi connectivity index (χ0) is 8.10. The lowest BCUT2D eigenvalue weighted by atomic mass is 10.1. The van der Waals surface area contributed by atoms with Gasteiger partial charge in [0.1, 0.15) is 0 Å². The second-order valence-electron chi connectivity index (χ2n) is 3.42. The first-order valence-corrected chi connectivity index (χ1v) is 5.48. The fourth-order valence-electron chi connectivity index (χ4n) is 1.10. The zero-order valence-electron chi connectivity index (χ0n) is 7.38. The summed E-state index contributed by atoms with van der Waals surface area (Å²) in [5.74, 6) is 0. The molecule has 1 aromatic rings. The van der Waals surface area contributed by atoms with Crippen LogP contribution in [0.15, 0.2) is 30.3 Å². The molecule has 0 nitrogen and oxygen atoms in total. The molecule has 0 heterocycles. The maximum absolute atomic E-state index is 2.33. The monoisotopic (exact) mass is 164 g/mol. The Hall–Kier alpha value is -0.563. The van der Waals surface area contributed by atoms with Crippen LogP contribution in [0.1, 0.15) is 18.9 Å². The van der Waals surface area contributed by atoms with Crippen LogP contribution in [0.3, 0.4) is 0 Å². The van der Waals surface area contributed by atoms with E-state index in [0.29, 0.717) is 0 Å². The molecule has 0 bridgehead atoms. The highest BCUT2D eigenvalue weighted by atomic mass is 28.1. The van der Waals surface area contributed by atoms with Crippen molar-refractivity contribution in [2.24, 2.45) is 0 Å². The Morgan fingerprint density at radius 2 is 1.91 bits per heavy atom. The van der Waals surface area contributed by atoms with Gasteiger partial charge in [-0.3, -0.25) is 0 Å². The topological polar surface area (TPSA) is 0 Å². The Labute approximate surface area is 72.1 Å². The average Bonchev–Trinajstić information content (AvgIpc) is 2.03.